The lowest BCUT2D eigenvalue weighted by Crippen LogP contribution is -2.47. The van der Waals surface area contributed by atoms with Crippen molar-refractivity contribution in [2.75, 3.05) is 26.8 Å². The molecule has 1 aliphatic rings. The van der Waals surface area contributed by atoms with E-state index in [1.54, 1.807) is 19.2 Å². The molecule has 2 aromatic carbocycles. The van der Waals surface area contributed by atoms with Crippen molar-refractivity contribution in [2.45, 2.75) is 31.2 Å². The molecule has 0 atom stereocenters. The van der Waals surface area contributed by atoms with Crippen LogP contribution in [0.1, 0.15) is 24.0 Å². The van der Waals surface area contributed by atoms with Crippen molar-refractivity contribution in [1.29, 1.82) is 0 Å². The molecular weight excluding hydrogens is 395 g/mol. The third kappa shape index (κ3) is 5.89. The predicted octanol–water partition coefficient (Wildman–Crippen LogP) is 4.00. The van der Waals surface area contributed by atoms with Crippen molar-refractivity contribution < 1.29 is 22.6 Å². The first-order valence-electron chi connectivity index (χ1n) is 9.83. The summed E-state index contributed by atoms with van der Waals surface area (Å²) in [5.41, 5.74) is 1.54. The lowest BCUT2D eigenvalue weighted by atomic mass is 9.74. The van der Waals surface area contributed by atoms with Crippen molar-refractivity contribution in [1.82, 2.24) is 10.6 Å². The highest BCUT2D eigenvalue weighted by Crippen LogP contribution is 2.34. The monoisotopic (exact) mass is 421 g/mol. The van der Waals surface area contributed by atoms with Crippen LogP contribution >= 0.6 is 0 Å². The number of hydrogen-bond donors (Lipinski definition) is 2. The van der Waals surface area contributed by atoms with E-state index < -0.39 is 6.36 Å². The molecule has 3 rings (SSSR count). The average Bonchev–Trinajstić information content (AvgIpc) is 2.75. The quantitative estimate of drug-likeness (QED) is 0.547. The number of alkyl halides is 3. The van der Waals surface area contributed by atoms with Gasteiger partial charge in [0.05, 0.1) is 0 Å². The Hall–Kier alpha value is -2.74. The molecule has 0 saturated carbocycles. The Labute approximate surface area is 174 Å². The van der Waals surface area contributed by atoms with Crippen molar-refractivity contribution in [3.63, 3.8) is 0 Å². The Balaban J connectivity index is 1.65. The zero-order chi connectivity index (χ0) is 21.5. The molecule has 0 aromatic heterocycles. The van der Waals surface area contributed by atoms with E-state index in [1.165, 1.54) is 17.7 Å². The van der Waals surface area contributed by atoms with Gasteiger partial charge in [-0.3, -0.25) is 4.99 Å². The molecule has 0 aliphatic carbocycles. The van der Waals surface area contributed by atoms with Crippen LogP contribution in [0.25, 0.3) is 0 Å². The van der Waals surface area contributed by atoms with Gasteiger partial charge in [-0.05, 0) is 24.5 Å². The number of benzene rings is 2. The minimum atomic E-state index is -4.73. The smallest absolute Gasteiger partial charge is 0.405 e. The number of ether oxygens (including phenoxy) is 2. The maximum absolute atomic E-state index is 12.6. The first-order chi connectivity index (χ1) is 14.4. The molecule has 162 valence electrons. The highest BCUT2D eigenvalue weighted by molar-refractivity contribution is 5.79. The molecule has 5 nitrogen and oxygen atoms in total. The minimum Gasteiger partial charge on any atom is -0.405 e. The first kappa shape index (κ1) is 22.0. The Morgan fingerprint density at radius 3 is 2.37 bits per heavy atom. The average molecular weight is 421 g/mol. The van der Waals surface area contributed by atoms with Gasteiger partial charge in [-0.2, -0.15) is 0 Å². The number of para-hydroxylation sites is 1. The van der Waals surface area contributed by atoms with Crippen LogP contribution < -0.4 is 15.4 Å². The highest BCUT2D eigenvalue weighted by atomic mass is 19.4. The van der Waals surface area contributed by atoms with Gasteiger partial charge in [-0.15, -0.1) is 13.2 Å². The molecule has 8 heteroatoms. The van der Waals surface area contributed by atoms with E-state index in [4.69, 9.17) is 4.74 Å². The summed E-state index contributed by atoms with van der Waals surface area (Å²) in [5.74, 6) is 0.289. The third-order valence-electron chi connectivity index (χ3n) is 5.30. The van der Waals surface area contributed by atoms with E-state index in [9.17, 15) is 13.2 Å². The van der Waals surface area contributed by atoms with Crippen LogP contribution in [-0.2, 0) is 16.7 Å². The summed E-state index contributed by atoms with van der Waals surface area (Å²) in [4.78, 5) is 4.22. The number of rotatable bonds is 6. The summed E-state index contributed by atoms with van der Waals surface area (Å²) >= 11 is 0. The summed E-state index contributed by atoms with van der Waals surface area (Å²) < 4.78 is 47.6. The lowest BCUT2D eigenvalue weighted by molar-refractivity contribution is -0.274. The number of guanidine groups is 1. The van der Waals surface area contributed by atoms with E-state index >= 15 is 0 Å². The fraction of sp³-hybridized carbons (Fsp3) is 0.409. The van der Waals surface area contributed by atoms with Crippen molar-refractivity contribution >= 4 is 5.96 Å². The fourth-order valence-corrected chi connectivity index (χ4v) is 3.65. The Morgan fingerprint density at radius 2 is 1.70 bits per heavy atom. The second kappa shape index (κ2) is 9.84. The van der Waals surface area contributed by atoms with E-state index in [2.05, 4.69) is 32.5 Å². The molecule has 30 heavy (non-hydrogen) atoms. The molecule has 0 spiro atoms. The van der Waals surface area contributed by atoms with Crippen molar-refractivity contribution in [3.8, 4) is 5.75 Å². The second-order valence-electron chi connectivity index (χ2n) is 7.19. The third-order valence-corrected chi connectivity index (χ3v) is 5.30. The van der Waals surface area contributed by atoms with Gasteiger partial charge in [0.1, 0.15) is 5.75 Å². The van der Waals surface area contributed by atoms with Crippen LogP contribution in [0.15, 0.2) is 59.6 Å². The van der Waals surface area contributed by atoms with Gasteiger partial charge in [0.15, 0.2) is 5.96 Å². The van der Waals surface area contributed by atoms with Gasteiger partial charge in [-0.1, -0.05) is 48.5 Å². The van der Waals surface area contributed by atoms with Gasteiger partial charge in [-0.25, -0.2) is 0 Å². The normalized spacial score (nSPS) is 16.7. The summed E-state index contributed by atoms with van der Waals surface area (Å²) in [6.45, 7) is 2.16. The van der Waals surface area contributed by atoms with E-state index in [1.807, 2.05) is 18.2 Å². The molecular formula is C22H26F3N3O2. The predicted molar refractivity (Wildman–Crippen MR) is 109 cm³/mol. The molecule has 1 saturated heterocycles. The SMILES string of the molecule is CN=C(NCc1ccccc1OC(F)(F)F)NCC1(c2ccccc2)CCOCC1. The lowest BCUT2D eigenvalue weighted by Gasteiger charge is -2.38. The standard InChI is InChI=1S/C22H26F3N3O2/c1-26-20(27-15-17-7-5-6-10-19(17)30-22(23,24)25)28-16-21(11-13-29-14-12-21)18-8-3-2-4-9-18/h2-10H,11-16H2,1H3,(H2,26,27,28). The summed E-state index contributed by atoms with van der Waals surface area (Å²) in [6, 6.07) is 16.3. The molecule has 2 N–H and O–H groups in total. The highest BCUT2D eigenvalue weighted by Gasteiger charge is 2.34. The van der Waals surface area contributed by atoms with Gasteiger partial charge in [0.25, 0.3) is 0 Å². The molecule has 2 aromatic rings. The van der Waals surface area contributed by atoms with Crippen molar-refractivity contribution in [3.05, 3.63) is 65.7 Å². The van der Waals surface area contributed by atoms with E-state index in [0.717, 1.165) is 12.8 Å². The number of halogens is 3. The van der Waals surface area contributed by atoms with Crippen LogP contribution in [-0.4, -0.2) is 39.1 Å². The van der Waals surface area contributed by atoms with E-state index in [-0.39, 0.29) is 17.7 Å². The molecule has 1 heterocycles. The zero-order valence-corrected chi connectivity index (χ0v) is 16.8. The van der Waals surface area contributed by atoms with Crippen LogP contribution in [0.2, 0.25) is 0 Å². The molecule has 1 aliphatic heterocycles. The fourth-order valence-electron chi connectivity index (χ4n) is 3.65. The topological polar surface area (TPSA) is 54.9 Å². The van der Waals surface area contributed by atoms with Crippen molar-refractivity contribution in [2.24, 2.45) is 4.99 Å². The minimum absolute atomic E-state index is 0.0889. The molecule has 0 bridgehead atoms. The molecule has 0 amide bonds. The van der Waals surface area contributed by atoms with Gasteiger partial charge in [0, 0.05) is 44.3 Å². The molecule has 0 unspecified atom stereocenters. The number of hydrogen-bond acceptors (Lipinski definition) is 3. The van der Waals surface area contributed by atoms with Gasteiger partial charge < -0.3 is 20.1 Å². The maximum atomic E-state index is 12.6. The van der Waals surface area contributed by atoms with Gasteiger partial charge >= 0.3 is 6.36 Å². The largest absolute Gasteiger partial charge is 0.573 e. The number of nitrogens with one attached hydrogen (secondary N) is 2. The maximum Gasteiger partial charge on any atom is 0.573 e. The summed E-state index contributed by atoms with van der Waals surface area (Å²) in [5, 5.41) is 6.42. The molecule has 1 fully saturated rings. The van der Waals surface area contributed by atoms with Crippen LogP contribution in [0.4, 0.5) is 13.2 Å². The Bertz CT molecular complexity index is 835. The molecule has 0 radical (unpaired) electrons. The first-order valence-corrected chi connectivity index (χ1v) is 9.83. The zero-order valence-electron chi connectivity index (χ0n) is 16.8. The van der Waals surface area contributed by atoms with Crippen LogP contribution in [0.5, 0.6) is 5.75 Å². The number of aliphatic imine (C=N–C) groups is 1. The van der Waals surface area contributed by atoms with Crippen LogP contribution in [0, 0.1) is 0 Å². The second-order valence-corrected chi connectivity index (χ2v) is 7.19. The Kier molecular flexibility index (Phi) is 7.20. The summed E-state index contributed by atoms with van der Waals surface area (Å²) in [6.07, 6.45) is -2.98. The Morgan fingerprint density at radius 1 is 1.03 bits per heavy atom. The van der Waals surface area contributed by atoms with E-state index in [0.29, 0.717) is 31.3 Å². The number of nitrogens with zero attached hydrogens (tertiary/aromatic N) is 1. The summed E-state index contributed by atoms with van der Waals surface area (Å²) in [7, 11) is 1.63. The van der Waals surface area contributed by atoms with Gasteiger partial charge in [0.2, 0.25) is 0 Å². The van der Waals surface area contributed by atoms with Crippen LogP contribution in [0.3, 0.4) is 0 Å².